The maximum atomic E-state index is 10.9. The Labute approximate surface area is 69.7 Å². The molecule has 0 bridgehead atoms. The first-order valence-corrected chi connectivity index (χ1v) is 3.59. The summed E-state index contributed by atoms with van der Waals surface area (Å²) in [5.74, 6) is 0.512. The Morgan fingerprint density at radius 1 is 1.33 bits per heavy atom. The van der Waals surface area contributed by atoms with Crippen molar-refractivity contribution >= 4 is 5.78 Å². The van der Waals surface area contributed by atoms with Gasteiger partial charge in [-0.15, -0.1) is 0 Å². The van der Waals surface area contributed by atoms with Gasteiger partial charge in [-0.1, -0.05) is 0 Å². The number of allylic oxidation sites excluding steroid dienone is 5. The zero-order valence-electron chi connectivity index (χ0n) is 6.28. The van der Waals surface area contributed by atoms with Crippen molar-refractivity contribution in [3.8, 4) is 0 Å². The van der Waals surface area contributed by atoms with E-state index in [0.29, 0.717) is 5.76 Å². The highest BCUT2D eigenvalue weighted by Gasteiger charge is 2.11. The molecular weight excluding hydrogens is 154 g/mol. The fourth-order valence-corrected chi connectivity index (χ4v) is 1.03. The quantitative estimate of drug-likeness (QED) is 0.575. The van der Waals surface area contributed by atoms with Gasteiger partial charge < -0.3 is 4.84 Å². The first kappa shape index (κ1) is 6.91. The molecule has 0 saturated heterocycles. The highest BCUT2D eigenvalue weighted by molar-refractivity contribution is 6.02. The lowest BCUT2D eigenvalue weighted by molar-refractivity contribution is -0.110. The maximum absolute atomic E-state index is 10.9. The molecule has 3 nitrogen and oxygen atoms in total. The number of hydrogen-bond donors (Lipinski definition) is 1. The van der Waals surface area contributed by atoms with E-state index in [1.807, 2.05) is 12.2 Å². The van der Waals surface area contributed by atoms with E-state index in [1.165, 1.54) is 12.2 Å². The van der Waals surface area contributed by atoms with Crippen LogP contribution in [-0.4, -0.2) is 5.78 Å². The van der Waals surface area contributed by atoms with Gasteiger partial charge in [0.15, 0.2) is 11.5 Å². The van der Waals surface area contributed by atoms with Crippen LogP contribution in [0.3, 0.4) is 0 Å². The summed E-state index contributed by atoms with van der Waals surface area (Å²) in [7, 11) is 0. The van der Waals surface area contributed by atoms with Crippen LogP contribution in [-0.2, 0) is 9.63 Å². The molecule has 0 aromatic heterocycles. The van der Waals surface area contributed by atoms with Crippen LogP contribution in [0.25, 0.3) is 0 Å². The van der Waals surface area contributed by atoms with Crippen LogP contribution >= 0.6 is 0 Å². The molecule has 0 aromatic rings. The molecule has 60 valence electrons. The third kappa shape index (κ3) is 1.16. The number of rotatable bonds is 0. The van der Waals surface area contributed by atoms with Crippen molar-refractivity contribution in [3.63, 3.8) is 0 Å². The second-order valence-corrected chi connectivity index (χ2v) is 2.45. The van der Waals surface area contributed by atoms with E-state index in [-0.39, 0.29) is 5.78 Å². The Bertz CT molecular complexity index is 334. The predicted molar refractivity (Wildman–Crippen MR) is 43.7 cm³/mol. The molecule has 0 saturated carbocycles. The number of carbonyl (C=O) groups excluding carboxylic acids is 1. The Morgan fingerprint density at radius 2 is 2.25 bits per heavy atom. The lowest BCUT2D eigenvalue weighted by Crippen LogP contribution is -2.09. The summed E-state index contributed by atoms with van der Waals surface area (Å²) in [6.45, 7) is 0. The summed E-state index contributed by atoms with van der Waals surface area (Å²) < 4.78 is 0. The topological polar surface area (TPSA) is 38.3 Å². The first-order valence-electron chi connectivity index (χ1n) is 3.59. The van der Waals surface area contributed by atoms with E-state index in [9.17, 15) is 4.79 Å². The average Bonchev–Trinajstić information content (AvgIpc) is 2.28. The first-order chi connectivity index (χ1) is 5.86. The van der Waals surface area contributed by atoms with Crippen LogP contribution in [0.4, 0.5) is 0 Å². The molecule has 1 aliphatic heterocycles. The molecule has 1 heterocycles. The Hall–Kier alpha value is -1.77. The number of carbonyl (C=O) groups is 1. The van der Waals surface area contributed by atoms with E-state index < -0.39 is 0 Å². The lowest BCUT2D eigenvalue weighted by atomic mass is 10.1. The zero-order chi connectivity index (χ0) is 8.39. The van der Waals surface area contributed by atoms with Gasteiger partial charge in [-0.3, -0.25) is 4.79 Å². The number of nitrogens with one attached hydrogen (secondary N) is 1. The van der Waals surface area contributed by atoms with Crippen LogP contribution in [0, 0.1) is 0 Å². The van der Waals surface area contributed by atoms with Crippen LogP contribution in [0.5, 0.6) is 0 Å². The summed E-state index contributed by atoms with van der Waals surface area (Å²) in [6, 6.07) is 0. The summed E-state index contributed by atoms with van der Waals surface area (Å²) in [4.78, 5) is 16.0. The van der Waals surface area contributed by atoms with E-state index >= 15 is 0 Å². The van der Waals surface area contributed by atoms with Gasteiger partial charge in [-0.2, -0.15) is 0 Å². The van der Waals surface area contributed by atoms with E-state index in [0.717, 1.165) is 5.57 Å². The highest BCUT2D eigenvalue weighted by atomic mass is 16.6. The number of hydrogen-bond acceptors (Lipinski definition) is 3. The number of ketones is 1. The van der Waals surface area contributed by atoms with E-state index in [4.69, 9.17) is 4.84 Å². The molecular formula is C9H7NO2. The third-order valence-corrected chi connectivity index (χ3v) is 1.59. The lowest BCUT2D eigenvalue weighted by Gasteiger charge is -2.09. The minimum Gasteiger partial charge on any atom is -0.382 e. The molecule has 0 unspecified atom stereocenters. The molecule has 2 rings (SSSR count). The molecule has 0 radical (unpaired) electrons. The molecule has 0 amide bonds. The molecule has 2 aliphatic rings. The molecule has 0 atom stereocenters. The standard InChI is InChI=1S/C9H7NO2/c11-8-4-3-7-2-1-5-10-12-9(7)6-8/h1-6,10H. The van der Waals surface area contributed by atoms with Crippen LogP contribution < -0.4 is 5.48 Å². The maximum Gasteiger partial charge on any atom is 0.182 e. The fourth-order valence-electron chi connectivity index (χ4n) is 1.03. The van der Waals surface area contributed by atoms with Crippen LogP contribution in [0.2, 0.25) is 0 Å². The average molecular weight is 161 g/mol. The normalized spacial score (nSPS) is 19.8. The van der Waals surface area contributed by atoms with Crippen molar-refractivity contribution in [2.75, 3.05) is 0 Å². The van der Waals surface area contributed by atoms with E-state index in [1.54, 1.807) is 12.3 Å². The third-order valence-electron chi connectivity index (χ3n) is 1.59. The number of hydroxylamine groups is 1. The van der Waals surface area contributed by atoms with Gasteiger partial charge in [-0.25, -0.2) is 5.48 Å². The van der Waals surface area contributed by atoms with Crippen molar-refractivity contribution in [2.24, 2.45) is 0 Å². The van der Waals surface area contributed by atoms with Crippen LogP contribution in [0.1, 0.15) is 0 Å². The Balaban J connectivity index is 2.38. The summed E-state index contributed by atoms with van der Waals surface area (Å²) >= 11 is 0. The fraction of sp³-hybridized carbons (Fsp3) is 0. The monoisotopic (exact) mass is 161 g/mol. The van der Waals surface area contributed by atoms with Crippen molar-refractivity contribution < 1.29 is 9.63 Å². The molecule has 0 fully saturated rings. The van der Waals surface area contributed by atoms with Gasteiger partial charge in [0.05, 0.1) is 0 Å². The van der Waals surface area contributed by atoms with Gasteiger partial charge in [0.2, 0.25) is 0 Å². The molecule has 1 aliphatic carbocycles. The second-order valence-electron chi connectivity index (χ2n) is 2.45. The highest BCUT2D eigenvalue weighted by Crippen LogP contribution is 2.18. The van der Waals surface area contributed by atoms with E-state index in [2.05, 4.69) is 5.48 Å². The molecule has 1 N–H and O–H groups in total. The molecule has 0 spiro atoms. The van der Waals surface area contributed by atoms with Crippen molar-refractivity contribution in [1.29, 1.82) is 0 Å². The number of fused-ring (bicyclic) bond motifs is 1. The van der Waals surface area contributed by atoms with Crippen molar-refractivity contribution in [2.45, 2.75) is 0 Å². The summed E-state index contributed by atoms with van der Waals surface area (Å²) in [6.07, 6.45) is 10.0. The second kappa shape index (κ2) is 2.70. The SMILES string of the molecule is O=C1C=CC2=CC=CNOC2=C1. The Kier molecular flexibility index (Phi) is 1.55. The van der Waals surface area contributed by atoms with Gasteiger partial charge in [0, 0.05) is 17.8 Å². The Morgan fingerprint density at radius 3 is 3.17 bits per heavy atom. The molecule has 3 heteroatoms. The smallest absolute Gasteiger partial charge is 0.182 e. The van der Waals surface area contributed by atoms with Gasteiger partial charge in [0.1, 0.15) is 0 Å². The van der Waals surface area contributed by atoms with Crippen LogP contribution in [0.15, 0.2) is 47.9 Å². The predicted octanol–water partition coefficient (Wildman–Crippen LogP) is 0.984. The van der Waals surface area contributed by atoms with Gasteiger partial charge in [-0.05, 0) is 24.3 Å². The van der Waals surface area contributed by atoms with Crippen molar-refractivity contribution in [1.82, 2.24) is 5.48 Å². The largest absolute Gasteiger partial charge is 0.382 e. The van der Waals surface area contributed by atoms with Gasteiger partial charge in [0.25, 0.3) is 0 Å². The van der Waals surface area contributed by atoms with Crippen molar-refractivity contribution in [3.05, 3.63) is 47.9 Å². The molecule has 0 aromatic carbocycles. The minimum absolute atomic E-state index is 0.0501. The summed E-state index contributed by atoms with van der Waals surface area (Å²) in [5.41, 5.74) is 3.48. The zero-order valence-corrected chi connectivity index (χ0v) is 6.28. The summed E-state index contributed by atoms with van der Waals surface area (Å²) in [5, 5.41) is 0. The van der Waals surface area contributed by atoms with Gasteiger partial charge >= 0.3 is 0 Å². The molecule has 12 heavy (non-hydrogen) atoms. The minimum atomic E-state index is -0.0501.